The Morgan fingerprint density at radius 2 is 2.00 bits per heavy atom. The molecule has 0 spiro atoms. The van der Waals surface area contributed by atoms with Crippen LogP contribution in [0, 0.1) is 0 Å². The van der Waals surface area contributed by atoms with Crippen molar-refractivity contribution in [3.8, 4) is 5.75 Å². The third-order valence-electron chi connectivity index (χ3n) is 3.25. The molecule has 0 bridgehead atoms. The first-order valence-corrected chi connectivity index (χ1v) is 8.30. The Labute approximate surface area is 115 Å². The van der Waals surface area contributed by atoms with Crippen molar-refractivity contribution in [3.63, 3.8) is 0 Å². The topological polar surface area (TPSA) is 55.4 Å². The fraction of sp³-hybridized carbons (Fsp3) is 0.571. The van der Waals surface area contributed by atoms with Gasteiger partial charge < -0.3 is 4.74 Å². The summed E-state index contributed by atoms with van der Waals surface area (Å²) in [5.41, 5.74) is 3.35. The summed E-state index contributed by atoms with van der Waals surface area (Å²) < 4.78 is 30.6. The van der Waals surface area contributed by atoms with Gasteiger partial charge in [-0.2, -0.15) is 0 Å². The molecule has 19 heavy (non-hydrogen) atoms. The Morgan fingerprint density at radius 1 is 1.32 bits per heavy atom. The molecule has 0 unspecified atom stereocenters. The maximum absolute atomic E-state index is 11.2. The first-order chi connectivity index (χ1) is 8.67. The lowest BCUT2D eigenvalue weighted by molar-refractivity contribution is 0.353. The molecular formula is C14H21NO3S. The minimum atomic E-state index is -3.19. The lowest BCUT2D eigenvalue weighted by atomic mass is 9.84. The van der Waals surface area contributed by atoms with Gasteiger partial charge in [-0.25, -0.2) is 13.1 Å². The summed E-state index contributed by atoms with van der Waals surface area (Å²) in [6.07, 6.45) is 2.06. The lowest BCUT2D eigenvalue weighted by Crippen LogP contribution is -2.22. The zero-order chi connectivity index (χ0) is 14.3. The summed E-state index contributed by atoms with van der Waals surface area (Å²) in [5.74, 6) is 0.851. The van der Waals surface area contributed by atoms with Crippen molar-refractivity contribution in [2.45, 2.75) is 39.2 Å². The molecule has 0 aromatic heterocycles. The molecule has 0 radical (unpaired) electrons. The van der Waals surface area contributed by atoms with E-state index < -0.39 is 10.0 Å². The van der Waals surface area contributed by atoms with Crippen LogP contribution in [-0.4, -0.2) is 21.3 Å². The summed E-state index contributed by atoms with van der Waals surface area (Å²) in [5, 5.41) is 0. The van der Waals surface area contributed by atoms with Crippen LogP contribution in [0.1, 0.15) is 37.5 Å². The zero-order valence-electron chi connectivity index (χ0n) is 11.9. The van der Waals surface area contributed by atoms with E-state index in [1.165, 1.54) is 17.4 Å². The number of hydrogen-bond acceptors (Lipinski definition) is 3. The maximum atomic E-state index is 11.2. The van der Waals surface area contributed by atoms with E-state index in [1.54, 1.807) is 0 Å². The van der Waals surface area contributed by atoms with Gasteiger partial charge >= 0.3 is 0 Å². The highest BCUT2D eigenvalue weighted by atomic mass is 32.2. The van der Waals surface area contributed by atoms with Gasteiger partial charge in [0.05, 0.1) is 12.9 Å². The van der Waals surface area contributed by atoms with Crippen LogP contribution in [0.25, 0.3) is 0 Å². The van der Waals surface area contributed by atoms with Crippen molar-refractivity contribution in [1.82, 2.24) is 4.72 Å². The molecule has 106 valence electrons. The van der Waals surface area contributed by atoms with Crippen molar-refractivity contribution in [2.24, 2.45) is 0 Å². The van der Waals surface area contributed by atoms with E-state index in [0.717, 1.165) is 17.7 Å². The van der Waals surface area contributed by atoms with Crippen molar-refractivity contribution < 1.29 is 13.2 Å². The molecule has 1 heterocycles. The van der Waals surface area contributed by atoms with E-state index in [1.807, 2.05) is 6.07 Å². The average Bonchev–Trinajstić information content (AvgIpc) is 2.71. The molecule has 1 N–H and O–H groups in total. The van der Waals surface area contributed by atoms with Crippen molar-refractivity contribution in [3.05, 3.63) is 28.8 Å². The number of benzene rings is 1. The number of nitrogens with one attached hydrogen (secondary N) is 1. The molecule has 1 aliphatic rings. The van der Waals surface area contributed by atoms with Crippen LogP contribution in [0.3, 0.4) is 0 Å². The van der Waals surface area contributed by atoms with Gasteiger partial charge in [0, 0.05) is 18.5 Å². The van der Waals surface area contributed by atoms with E-state index in [-0.39, 0.29) is 12.0 Å². The second-order valence-electron chi connectivity index (χ2n) is 6.07. The molecule has 0 saturated heterocycles. The summed E-state index contributed by atoms with van der Waals surface area (Å²) in [7, 11) is -3.19. The third-order valence-corrected chi connectivity index (χ3v) is 3.92. The zero-order valence-corrected chi connectivity index (χ0v) is 12.7. The highest BCUT2D eigenvalue weighted by Crippen LogP contribution is 2.35. The Bertz CT molecular complexity index is 585. The monoisotopic (exact) mass is 283 g/mol. The smallest absolute Gasteiger partial charge is 0.209 e. The third kappa shape index (κ3) is 3.48. The van der Waals surface area contributed by atoms with E-state index in [9.17, 15) is 8.42 Å². The normalized spacial score (nSPS) is 15.2. The number of rotatable bonds is 3. The van der Waals surface area contributed by atoms with E-state index >= 15 is 0 Å². The molecule has 0 amide bonds. The van der Waals surface area contributed by atoms with E-state index in [4.69, 9.17) is 4.74 Å². The van der Waals surface area contributed by atoms with E-state index in [0.29, 0.717) is 6.61 Å². The Morgan fingerprint density at radius 3 is 2.58 bits per heavy atom. The van der Waals surface area contributed by atoms with Gasteiger partial charge in [-0.15, -0.1) is 0 Å². The fourth-order valence-corrected chi connectivity index (χ4v) is 2.58. The van der Waals surface area contributed by atoms with Crippen LogP contribution in [0.2, 0.25) is 0 Å². The van der Waals surface area contributed by atoms with Crippen LogP contribution in [0.15, 0.2) is 12.1 Å². The molecule has 5 heteroatoms. The van der Waals surface area contributed by atoms with E-state index in [2.05, 4.69) is 31.6 Å². The number of ether oxygens (including phenoxy) is 1. The number of fused-ring (bicyclic) bond motifs is 1. The summed E-state index contributed by atoms with van der Waals surface area (Å²) in [6, 6.07) is 4.22. The first kappa shape index (κ1) is 14.3. The lowest BCUT2D eigenvalue weighted by Gasteiger charge is -2.21. The summed E-state index contributed by atoms with van der Waals surface area (Å²) in [6.45, 7) is 7.41. The minimum Gasteiger partial charge on any atom is -0.493 e. The SMILES string of the molecule is CC(C)(C)c1cc2c(c(CNS(C)(=O)=O)c1)OCC2. The molecule has 1 aromatic rings. The highest BCUT2D eigenvalue weighted by Gasteiger charge is 2.22. The molecule has 1 aliphatic heterocycles. The quantitative estimate of drug-likeness (QED) is 0.922. The second-order valence-corrected chi connectivity index (χ2v) is 7.90. The van der Waals surface area contributed by atoms with Crippen LogP contribution in [0.5, 0.6) is 5.75 Å². The van der Waals surface area contributed by atoms with Gasteiger partial charge in [0.25, 0.3) is 0 Å². The van der Waals surface area contributed by atoms with Gasteiger partial charge in [0.1, 0.15) is 5.75 Å². The highest BCUT2D eigenvalue weighted by molar-refractivity contribution is 7.88. The summed E-state index contributed by atoms with van der Waals surface area (Å²) >= 11 is 0. The largest absolute Gasteiger partial charge is 0.493 e. The predicted molar refractivity (Wildman–Crippen MR) is 76.0 cm³/mol. The summed E-state index contributed by atoms with van der Waals surface area (Å²) in [4.78, 5) is 0. The van der Waals surface area contributed by atoms with Gasteiger partial charge in [0.2, 0.25) is 10.0 Å². The molecule has 0 saturated carbocycles. The van der Waals surface area contributed by atoms with Crippen LogP contribution in [-0.2, 0) is 28.4 Å². The van der Waals surface area contributed by atoms with Gasteiger partial charge in [-0.1, -0.05) is 32.9 Å². The predicted octanol–water partition coefficient (Wildman–Crippen LogP) is 1.97. The minimum absolute atomic E-state index is 0.0391. The number of sulfonamides is 1. The Kier molecular flexibility index (Phi) is 3.62. The molecule has 2 rings (SSSR count). The van der Waals surface area contributed by atoms with Crippen LogP contribution < -0.4 is 9.46 Å². The molecule has 4 nitrogen and oxygen atoms in total. The van der Waals surface area contributed by atoms with Crippen molar-refractivity contribution >= 4 is 10.0 Å². The molecule has 0 aliphatic carbocycles. The molecule has 1 aromatic carbocycles. The Hall–Kier alpha value is -1.07. The molecular weight excluding hydrogens is 262 g/mol. The van der Waals surface area contributed by atoms with Crippen LogP contribution >= 0.6 is 0 Å². The van der Waals surface area contributed by atoms with Gasteiger partial charge in [-0.05, 0) is 16.5 Å². The fourth-order valence-electron chi connectivity index (χ4n) is 2.16. The second kappa shape index (κ2) is 4.80. The molecule has 0 atom stereocenters. The number of hydrogen-bond donors (Lipinski definition) is 1. The maximum Gasteiger partial charge on any atom is 0.209 e. The molecule has 0 fully saturated rings. The standard InChI is InChI=1S/C14H21NO3S/c1-14(2,3)12-7-10-5-6-18-13(10)11(8-12)9-15-19(4,16)17/h7-8,15H,5-6,9H2,1-4H3. The Balaban J connectivity index is 2.39. The average molecular weight is 283 g/mol. The van der Waals surface area contributed by atoms with Gasteiger partial charge in [-0.3, -0.25) is 0 Å². The van der Waals surface area contributed by atoms with Gasteiger partial charge in [0.15, 0.2) is 0 Å². The first-order valence-electron chi connectivity index (χ1n) is 6.40. The van der Waals surface area contributed by atoms with Crippen LogP contribution in [0.4, 0.5) is 0 Å². The van der Waals surface area contributed by atoms with Crippen molar-refractivity contribution in [1.29, 1.82) is 0 Å². The van der Waals surface area contributed by atoms with Crippen molar-refractivity contribution in [2.75, 3.05) is 12.9 Å².